The molecule has 6 rings (SSSR count). The van der Waals surface area contributed by atoms with E-state index in [4.69, 9.17) is 0 Å². The maximum atomic E-state index is 2.49. The zero-order chi connectivity index (χ0) is 32.6. The number of aryl methyl sites for hydroxylation is 2. The van der Waals surface area contributed by atoms with E-state index in [0.717, 1.165) is 26.2 Å². The second-order valence-electron chi connectivity index (χ2n) is 13.3. The Hall–Kier alpha value is -5.08. The maximum absolute atomic E-state index is 2.49. The van der Waals surface area contributed by atoms with Crippen molar-refractivity contribution in [3.63, 3.8) is 0 Å². The van der Waals surface area contributed by atoms with Crippen molar-refractivity contribution in [1.82, 2.24) is 0 Å². The first-order valence-corrected chi connectivity index (χ1v) is 16.7. The van der Waals surface area contributed by atoms with Crippen molar-refractivity contribution in [1.29, 1.82) is 0 Å². The van der Waals surface area contributed by atoms with Crippen LogP contribution in [0.2, 0.25) is 0 Å². The van der Waals surface area contributed by atoms with Crippen LogP contribution in [0.1, 0.15) is 58.4 Å². The number of anilines is 2. The molecular weight excluding hydrogens is 569 g/mol. The molecule has 0 radical (unpaired) electrons. The van der Waals surface area contributed by atoms with Gasteiger partial charge in [-0.05, 0) is 82.6 Å². The minimum Gasteiger partial charge on any atom is -0.363 e. The minimum atomic E-state index is -0.154. The fourth-order valence-electron chi connectivity index (χ4n) is 6.93. The Morgan fingerprint density at radius 1 is 0.383 bits per heavy atom. The second kappa shape index (κ2) is 14.6. The molecule has 0 aliphatic rings. The molecule has 0 spiro atoms. The summed E-state index contributed by atoms with van der Waals surface area (Å²) >= 11 is 0. The standard InChI is InChI=1S/C45H46N2/c1-35-29-41(46(31-37-17-9-5-10-18-37)32-38-19-11-6-12-20-38)25-27-43(35)45(3,4)44-28-26-42(30-36(44)2)47(33-39-21-13-7-14-22-39)34-40-23-15-8-16-24-40/h5-30H,31-34H2,1-4H3. The molecular formula is C45H46N2. The predicted octanol–water partition coefficient (Wildman–Crippen LogP) is 11.0. The van der Waals surface area contributed by atoms with E-state index in [1.165, 1.54) is 55.9 Å². The van der Waals surface area contributed by atoms with Gasteiger partial charge in [-0.3, -0.25) is 0 Å². The molecule has 0 aliphatic carbocycles. The first-order valence-electron chi connectivity index (χ1n) is 16.7. The van der Waals surface area contributed by atoms with Gasteiger partial charge in [-0.15, -0.1) is 0 Å². The van der Waals surface area contributed by atoms with Crippen LogP contribution < -0.4 is 9.80 Å². The smallest absolute Gasteiger partial charge is 0.0433 e. The lowest BCUT2D eigenvalue weighted by Crippen LogP contribution is -2.25. The van der Waals surface area contributed by atoms with E-state index in [2.05, 4.69) is 195 Å². The lowest BCUT2D eigenvalue weighted by Gasteiger charge is -2.33. The van der Waals surface area contributed by atoms with Crippen LogP contribution in [0.4, 0.5) is 11.4 Å². The molecule has 0 unspecified atom stereocenters. The van der Waals surface area contributed by atoms with Gasteiger partial charge in [0.2, 0.25) is 0 Å². The van der Waals surface area contributed by atoms with Crippen LogP contribution >= 0.6 is 0 Å². The van der Waals surface area contributed by atoms with Crippen molar-refractivity contribution >= 4 is 11.4 Å². The van der Waals surface area contributed by atoms with E-state index in [-0.39, 0.29) is 5.41 Å². The third-order valence-electron chi connectivity index (χ3n) is 9.36. The molecule has 0 bridgehead atoms. The van der Waals surface area contributed by atoms with Gasteiger partial charge in [0.15, 0.2) is 0 Å². The Labute approximate surface area is 282 Å². The average molecular weight is 615 g/mol. The van der Waals surface area contributed by atoms with Crippen LogP contribution in [0.5, 0.6) is 0 Å². The van der Waals surface area contributed by atoms with Crippen molar-refractivity contribution in [2.75, 3.05) is 9.80 Å². The van der Waals surface area contributed by atoms with Crippen molar-refractivity contribution in [2.45, 2.75) is 59.3 Å². The zero-order valence-corrected chi connectivity index (χ0v) is 28.2. The highest BCUT2D eigenvalue weighted by Crippen LogP contribution is 2.38. The van der Waals surface area contributed by atoms with E-state index in [1.54, 1.807) is 0 Å². The van der Waals surface area contributed by atoms with Crippen LogP contribution in [-0.2, 0) is 31.6 Å². The number of nitrogens with zero attached hydrogens (tertiary/aromatic N) is 2. The number of hydrogen-bond acceptors (Lipinski definition) is 2. The Morgan fingerprint density at radius 2 is 0.660 bits per heavy atom. The molecule has 0 fully saturated rings. The summed E-state index contributed by atoms with van der Waals surface area (Å²) in [6.45, 7) is 12.7. The van der Waals surface area contributed by atoms with E-state index in [9.17, 15) is 0 Å². The predicted molar refractivity (Wildman–Crippen MR) is 200 cm³/mol. The second-order valence-corrected chi connectivity index (χ2v) is 13.3. The zero-order valence-electron chi connectivity index (χ0n) is 28.2. The Balaban J connectivity index is 1.28. The van der Waals surface area contributed by atoms with Crippen LogP contribution in [0.3, 0.4) is 0 Å². The summed E-state index contributed by atoms with van der Waals surface area (Å²) in [7, 11) is 0. The highest BCUT2D eigenvalue weighted by molar-refractivity contribution is 5.58. The Bertz CT molecular complexity index is 1640. The molecule has 0 atom stereocenters. The Kier molecular flexibility index (Phi) is 9.88. The lowest BCUT2D eigenvalue weighted by atomic mass is 9.74. The molecule has 236 valence electrons. The van der Waals surface area contributed by atoms with Gasteiger partial charge >= 0.3 is 0 Å². The quantitative estimate of drug-likeness (QED) is 0.135. The van der Waals surface area contributed by atoms with E-state index < -0.39 is 0 Å². The Morgan fingerprint density at radius 3 is 0.915 bits per heavy atom. The highest BCUT2D eigenvalue weighted by Gasteiger charge is 2.27. The van der Waals surface area contributed by atoms with Gasteiger partial charge in [-0.1, -0.05) is 147 Å². The van der Waals surface area contributed by atoms with Crippen LogP contribution in [0, 0.1) is 13.8 Å². The first-order chi connectivity index (χ1) is 22.9. The molecule has 6 aromatic carbocycles. The lowest BCUT2D eigenvalue weighted by molar-refractivity contribution is 0.630. The summed E-state index contributed by atoms with van der Waals surface area (Å²) in [6, 6.07) is 57.2. The van der Waals surface area contributed by atoms with Gasteiger partial charge in [0.05, 0.1) is 0 Å². The monoisotopic (exact) mass is 614 g/mol. The summed E-state index contributed by atoms with van der Waals surface area (Å²) in [4.78, 5) is 4.98. The van der Waals surface area contributed by atoms with Crippen molar-refractivity contribution in [3.8, 4) is 0 Å². The van der Waals surface area contributed by atoms with Crippen LogP contribution in [0.15, 0.2) is 158 Å². The summed E-state index contributed by atoms with van der Waals surface area (Å²) in [6.07, 6.45) is 0. The molecule has 2 nitrogen and oxygen atoms in total. The molecule has 0 N–H and O–H groups in total. The molecule has 0 saturated carbocycles. The normalized spacial score (nSPS) is 11.3. The molecule has 0 amide bonds. The topological polar surface area (TPSA) is 6.48 Å². The number of hydrogen-bond donors (Lipinski definition) is 0. The molecule has 0 heterocycles. The van der Waals surface area contributed by atoms with Gasteiger partial charge < -0.3 is 9.80 Å². The third-order valence-corrected chi connectivity index (χ3v) is 9.36. The van der Waals surface area contributed by atoms with Crippen molar-refractivity contribution < 1.29 is 0 Å². The van der Waals surface area contributed by atoms with E-state index >= 15 is 0 Å². The van der Waals surface area contributed by atoms with E-state index in [1.807, 2.05) is 0 Å². The number of rotatable bonds is 12. The first kappa shape index (κ1) is 31.9. The highest BCUT2D eigenvalue weighted by atomic mass is 15.1. The minimum absolute atomic E-state index is 0.154. The molecule has 0 aliphatic heterocycles. The maximum Gasteiger partial charge on any atom is 0.0433 e. The third kappa shape index (κ3) is 7.84. The van der Waals surface area contributed by atoms with Gasteiger partial charge in [0.1, 0.15) is 0 Å². The number of benzene rings is 6. The van der Waals surface area contributed by atoms with Crippen LogP contribution in [0.25, 0.3) is 0 Å². The fourth-order valence-corrected chi connectivity index (χ4v) is 6.93. The van der Waals surface area contributed by atoms with Crippen molar-refractivity contribution in [2.24, 2.45) is 0 Å². The largest absolute Gasteiger partial charge is 0.363 e. The average Bonchev–Trinajstić information content (AvgIpc) is 3.09. The SMILES string of the molecule is Cc1cc(N(Cc2ccccc2)Cc2ccccc2)ccc1C(C)(C)c1ccc(N(Cc2ccccc2)Cc2ccccc2)cc1C. The summed E-state index contributed by atoms with van der Waals surface area (Å²) in [5.74, 6) is 0. The summed E-state index contributed by atoms with van der Waals surface area (Å²) in [5, 5.41) is 0. The molecule has 2 heteroatoms. The van der Waals surface area contributed by atoms with Gasteiger partial charge in [0.25, 0.3) is 0 Å². The summed E-state index contributed by atoms with van der Waals surface area (Å²) in [5.41, 5.74) is 13.0. The summed E-state index contributed by atoms with van der Waals surface area (Å²) < 4.78 is 0. The van der Waals surface area contributed by atoms with Gasteiger partial charge in [-0.2, -0.15) is 0 Å². The van der Waals surface area contributed by atoms with Gasteiger partial charge in [-0.25, -0.2) is 0 Å². The molecule has 47 heavy (non-hydrogen) atoms. The molecule has 0 aromatic heterocycles. The van der Waals surface area contributed by atoms with Gasteiger partial charge in [0, 0.05) is 43.0 Å². The molecule has 0 saturated heterocycles. The fraction of sp³-hybridized carbons (Fsp3) is 0.200. The van der Waals surface area contributed by atoms with Crippen LogP contribution in [-0.4, -0.2) is 0 Å². The molecule has 6 aromatic rings. The van der Waals surface area contributed by atoms with Crippen molar-refractivity contribution in [3.05, 3.63) is 202 Å². The van der Waals surface area contributed by atoms with E-state index in [0.29, 0.717) is 0 Å².